The number of amides is 1. The summed E-state index contributed by atoms with van der Waals surface area (Å²) in [4.78, 5) is 18.3. The highest BCUT2D eigenvalue weighted by Gasteiger charge is 2.14. The van der Waals surface area contributed by atoms with E-state index in [2.05, 4.69) is 17.8 Å². The van der Waals surface area contributed by atoms with Crippen molar-refractivity contribution in [3.63, 3.8) is 0 Å². The molecule has 0 fully saturated rings. The number of aromatic hydroxyl groups is 1. The van der Waals surface area contributed by atoms with Gasteiger partial charge < -0.3 is 19.5 Å². The Hall–Kier alpha value is -3.56. The van der Waals surface area contributed by atoms with Gasteiger partial charge in [-0.2, -0.15) is 0 Å². The first-order valence-corrected chi connectivity index (χ1v) is 11.6. The van der Waals surface area contributed by atoms with E-state index in [-0.39, 0.29) is 17.8 Å². The minimum Gasteiger partial charge on any atom is -0.508 e. The Labute approximate surface area is 203 Å². The van der Waals surface area contributed by atoms with Gasteiger partial charge in [0.2, 0.25) is 0 Å². The number of ether oxygens (including phenoxy) is 2. The summed E-state index contributed by atoms with van der Waals surface area (Å²) in [6.45, 7) is 5.74. The molecule has 0 aliphatic rings. The smallest absolute Gasteiger partial charge is 0.279 e. The van der Waals surface area contributed by atoms with Gasteiger partial charge >= 0.3 is 0 Å². The molecule has 0 aromatic heterocycles. The van der Waals surface area contributed by atoms with E-state index in [9.17, 15) is 9.90 Å². The summed E-state index contributed by atoms with van der Waals surface area (Å²) < 4.78 is 16.5. The Kier molecular flexibility index (Phi) is 9.30. The third-order valence-electron chi connectivity index (χ3n) is 4.70. The topological polar surface area (TPSA) is 98.3 Å². The lowest BCUT2D eigenvalue weighted by atomic mass is 10.3. The van der Waals surface area contributed by atoms with E-state index in [1.807, 2.05) is 31.2 Å². The van der Waals surface area contributed by atoms with Crippen LogP contribution in [0.4, 0.5) is 5.69 Å². The molecule has 0 aliphatic carbocycles. The quantitative estimate of drug-likeness (QED) is 0.176. The molecular formula is C25H28N2O6S. The number of phenols is 1. The molecular weight excluding hydrogens is 456 g/mol. The highest BCUT2D eigenvalue weighted by Crippen LogP contribution is 2.25. The number of carbonyl (C=O) groups excluding carboxylic acids is 1. The summed E-state index contributed by atoms with van der Waals surface area (Å²) in [6, 6.07) is 20.6. The molecule has 3 rings (SSSR count). The van der Waals surface area contributed by atoms with Crippen LogP contribution in [0.25, 0.3) is 0 Å². The summed E-state index contributed by atoms with van der Waals surface area (Å²) in [7, 11) is 0. The van der Waals surface area contributed by atoms with Crippen LogP contribution in [0.1, 0.15) is 27.2 Å². The van der Waals surface area contributed by atoms with E-state index in [0.717, 1.165) is 34.8 Å². The van der Waals surface area contributed by atoms with Crippen molar-refractivity contribution in [2.45, 2.75) is 44.3 Å². The number of anilines is 1. The summed E-state index contributed by atoms with van der Waals surface area (Å²) in [5.41, 5.74) is 6.22. The van der Waals surface area contributed by atoms with Crippen molar-refractivity contribution >= 4 is 23.6 Å². The Morgan fingerprint density at radius 2 is 1.47 bits per heavy atom. The second-order valence-electron chi connectivity index (χ2n) is 7.44. The van der Waals surface area contributed by atoms with E-state index in [0.29, 0.717) is 11.5 Å². The van der Waals surface area contributed by atoms with E-state index in [1.165, 1.54) is 0 Å². The van der Waals surface area contributed by atoms with Gasteiger partial charge in [0.25, 0.3) is 5.91 Å². The summed E-state index contributed by atoms with van der Waals surface area (Å²) in [5.74, 6) is 1.61. The van der Waals surface area contributed by atoms with Gasteiger partial charge in [-0.05, 0) is 93.1 Å². The maximum atomic E-state index is 12.3. The largest absolute Gasteiger partial charge is 0.508 e. The highest BCUT2D eigenvalue weighted by molar-refractivity contribution is 7.94. The standard InChI is InChI=1S/C25H28N2O6S/c1-4-17(2)30-21-9-5-19(6-10-21)26-27-25(29)18(3)31-22-11-13-23(14-12-22)32-33-34-24-15-7-20(28)8-16-24/h5-18,26,28H,4H2,1-3H3,(H,27,29). The zero-order valence-corrected chi connectivity index (χ0v) is 20.0. The zero-order valence-electron chi connectivity index (χ0n) is 19.2. The fourth-order valence-electron chi connectivity index (χ4n) is 2.60. The molecule has 3 N–H and O–H groups in total. The Balaban J connectivity index is 1.39. The van der Waals surface area contributed by atoms with Gasteiger partial charge in [0.05, 0.1) is 23.8 Å². The fraction of sp³-hybridized carbons (Fsp3) is 0.240. The second-order valence-corrected chi connectivity index (χ2v) is 8.21. The third kappa shape index (κ3) is 8.09. The van der Waals surface area contributed by atoms with E-state index in [1.54, 1.807) is 55.5 Å². The van der Waals surface area contributed by atoms with Crippen LogP contribution in [0.5, 0.6) is 23.0 Å². The number of carbonyl (C=O) groups is 1. The zero-order chi connectivity index (χ0) is 24.3. The molecule has 0 bridgehead atoms. The number of phenolic OH excluding ortho intramolecular Hbond substituents is 1. The van der Waals surface area contributed by atoms with Crippen molar-refractivity contribution in [1.82, 2.24) is 5.43 Å². The van der Waals surface area contributed by atoms with Crippen molar-refractivity contribution in [1.29, 1.82) is 0 Å². The molecule has 0 heterocycles. The van der Waals surface area contributed by atoms with Gasteiger partial charge in [-0.3, -0.25) is 15.6 Å². The lowest BCUT2D eigenvalue weighted by molar-refractivity contribution is -0.126. The minimum atomic E-state index is -0.728. The SMILES string of the molecule is CCC(C)Oc1ccc(NNC(=O)C(C)Oc2ccc(OOSc3ccc(O)cc3)cc2)cc1. The number of rotatable bonds is 12. The molecule has 0 saturated heterocycles. The van der Waals surface area contributed by atoms with Crippen molar-refractivity contribution in [2.24, 2.45) is 0 Å². The van der Waals surface area contributed by atoms with E-state index < -0.39 is 6.10 Å². The molecule has 0 spiro atoms. The third-order valence-corrected chi connectivity index (χ3v) is 5.30. The van der Waals surface area contributed by atoms with Crippen LogP contribution in [0, 0.1) is 0 Å². The molecule has 0 saturated carbocycles. The van der Waals surface area contributed by atoms with Gasteiger partial charge in [-0.15, -0.1) is 4.33 Å². The molecule has 3 aromatic rings. The van der Waals surface area contributed by atoms with Crippen LogP contribution in [0.15, 0.2) is 77.7 Å². The molecule has 0 aliphatic heterocycles. The predicted octanol–water partition coefficient (Wildman–Crippen LogP) is 5.50. The summed E-state index contributed by atoms with van der Waals surface area (Å²) in [5, 5.41) is 9.28. The average molecular weight is 485 g/mol. The highest BCUT2D eigenvalue weighted by atomic mass is 32.2. The van der Waals surface area contributed by atoms with Crippen LogP contribution in [-0.2, 0) is 9.13 Å². The molecule has 3 aromatic carbocycles. The number of nitrogens with one attached hydrogen (secondary N) is 2. The molecule has 34 heavy (non-hydrogen) atoms. The Morgan fingerprint density at radius 1 is 0.882 bits per heavy atom. The van der Waals surface area contributed by atoms with Crippen molar-refractivity contribution < 1.29 is 28.6 Å². The molecule has 180 valence electrons. The van der Waals surface area contributed by atoms with Crippen molar-refractivity contribution in [2.75, 3.05) is 5.43 Å². The molecule has 2 unspecified atom stereocenters. The molecule has 2 atom stereocenters. The second kappa shape index (κ2) is 12.6. The van der Waals surface area contributed by atoms with Crippen LogP contribution < -0.4 is 25.2 Å². The van der Waals surface area contributed by atoms with Gasteiger partial charge in [0.1, 0.15) is 17.2 Å². The number of hydrogen-bond donors (Lipinski definition) is 3. The van der Waals surface area contributed by atoms with Crippen molar-refractivity contribution in [3.05, 3.63) is 72.8 Å². The lowest BCUT2D eigenvalue weighted by Crippen LogP contribution is -2.39. The maximum absolute atomic E-state index is 12.3. The Bertz CT molecular complexity index is 1030. The number of hydrogen-bond acceptors (Lipinski definition) is 8. The van der Waals surface area contributed by atoms with Crippen molar-refractivity contribution in [3.8, 4) is 23.0 Å². The first-order valence-electron chi connectivity index (χ1n) is 10.8. The molecule has 9 heteroatoms. The first-order chi connectivity index (χ1) is 16.4. The molecule has 1 amide bonds. The van der Waals surface area contributed by atoms with E-state index >= 15 is 0 Å². The minimum absolute atomic E-state index is 0.147. The van der Waals surface area contributed by atoms with Gasteiger partial charge in [-0.25, -0.2) is 0 Å². The van der Waals surface area contributed by atoms with Gasteiger partial charge in [0.15, 0.2) is 11.9 Å². The average Bonchev–Trinajstić information content (AvgIpc) is 2.85. The number of hydrazine groups is 1. The normalized spacial score (nSPS) is 12.3. The van der Waals surface area contributed by atoms with E-state index in [4.69, 9.17) is 18.7 Å². The van der Waals surface area contributed by atoms with Crippen LogP contribution in [0.2, 0.25) is 0 Å². The lowest BCUT2D eigenvalue weighted by Gasteiger charge is -2.16. The summed E-state index contributed by atoms with van der Waals surface area (Å²) in [6.07, 6.45) is 0.347. The monoisotopic (exact) mass is 484 g/mol. The van der Waals surface area contributed by atoms with Gasteiger partial charge in [0, 0.05) is 4.90 Å². The molecule has 0 radical (unpaired) electrons. The maximum Gasteiger partial charge on any atom is 0.279 e. The van der Waals surface area contributed by atoms with Crippen LogP contribution in [-0.4, -0.2) is 23.2 Å². The van der Waals surface area contributed by atoms with Gasteiger partial charge in [-0.1, -0.05) is 6.92 Å². The first kappa shape index (κ1) is 25.1. The molecule has 8 nitrogen and oxygen atoms in total. The Morgan fingerprint density at radius 3 is 2.12 bits per heavy atom. The van der Waals surface area contributed by atoms with Crippen LogP contribution in [0.3, 0.4) is 0 Å². The number of benzene rings is 3. The predicted molar refractivity (Wildman–Crippen MR) is 131 cm³/mol. The summed E-state index contributed by atoms with van der Waals surface area (Å²) >= 11 is 1.02. The van der Waals surface area contributed by atoms with Crippen LogP contribution >= 0.6 is 12.0 Å². The fourth-order valence-corrected chi connectivity index (χ4v) is 3.03.